The summed E-state index contributed by atoms with van der Waals surface area (Å²) in [5.41, 5.74) is 2.22. The maximum Gasteiger partial charge on any atom is 0.254 e. The molecule has 1 saturated heterocycles. The lowest BCUT2D eigenvalue weighted by Gasteiger charge is -2.26. The number of sulfonamides is 1. The van der Waals surface area contributed by atoms with Crippen LogP contribution in [0.4, 0.5) is 0 Å². The van der Waals surface area contributed by atoms with Gasteiger partial charge in [-0.05, 0) is 55.5 Å². The van der Waals surface area contributed by atoms with Gasteiger partial charge in [-0.3, -0.25) is 4.79 Å². The zero-order valence-corrected chi connectivity index (χ0v) is 17.7. The average molecular weight is 421 g/mol. The first-order valence-electron chi connectivity index (χ1n) is 9.48. The van der Waals surface area contributed by atoms with Gasteiger partial charge in [-0.25, -0.2) is 13.1 Å². The first-order valence-corrected chi connectivity index (χ1v) is 11.3. The van der Waals surface area contributed by atoms with Gasteiger partial charge >= 0.3 is 0 Å². The van der Waals surface area contributed by atoms with Crippen molar-refractivity contribution >= 4 is 27.5 Å². The van der Waals surface area contributed by atoms with E-state index in [0.717, 1.165) is 24.0 Å². The molecule has 5 nitrogen and oxygen atoms in total. The number of likely N-dealkylation sites (tertiary alicyclic amines) is 1. The van der Waals surface area contributed by atoms with Crippen LogP contribution in [0.5, 0.6) is 0 Å². The van der Waals surface area contributed by atoms with Crippen LogP contribution in [0.15, 0.2) is 47.4 Å². The molecule has 1 heterocycles. The van der Waals surface area contributed by atoms with Gasteiger partial charge in [0, 0.05) is 29.7 Å². The molecule has 0 spiro atoms. The molecule has 1 N–H and O–H groups in total. The van der Waals surface area contributed by atoms with Gasteiger partial charge in [0.25, 0.3) is 5.91 Å². The van der Waals surface area contributed by atoms with Crippen LogP contribution in [-0.2, 0) is 16.4 Å². The highest BCUT2D eigenvalue weighted by Gasteiger charge is 2.31. The predicted octanol–water partition coefficient (Wildman–Crippen LogP) is 3.79. The molecule has 0 aromatic heterocycles. The van der Waals surface area contributed by atoms with Gasteiger partial charge < -0.3 is 4.90 Å². The summed E-state index contributed by atoms with van der Waals surface area (Å²) in [5.74, 6) is -0.124. The molecule has 1 unspecified atom stereocenters. The maximum atomic E-state index is 13.3. The van der Waals surface area contributed by atoms with E-state index in [4.69, 9.17) is 11.6 Å². The molecule has 0 saturated carbocycles. The number of hydrogen-bond acceptors (Lipinski definition) is 3. The van der Waals surface area contributed by atoms with Crippen molar-refractivity contribution in [2.75, 3.05) is 13.1 Å². The molecule has 2 aromatic rings. The summed E-state index contributed by atoms with van der Waals surface area (Å²) in [5, 5.41) is 0.705. The number of benzene rings is 2. The van der Waals surface area contributed by atoms with E-state index in [2.05, 4.69) is 4.72 Å². The van der Waals surface area contributed by atoms with Crippen molar-refractivity contribution in [2.45, 2.75) is 44.0 Å². The molecule has 1 aliphatic heterocycles. The van der Waals surface area contributed by atoms with Gasteiger partial charge in [0.15, 0.2) is 0 Å². The van der Waals surface area contributed by atoms with Gasteiger partial charge in [0.05, 0.1) is 4.90 Å². The standard InChI is InChI=1S/C21H25ClN2O3S/c1-3-23-28(26,27)18-11-10-15(2)19(14-18)21(25)24-12-6-8-17(24)13-16-7-4-5-9-20(16)22/h4-5,7,9-11,14,17,23H,3,6,8,12-13H2,1-2H3. The molecule has 7 heteroatoms. The van der Waals surface area contributed by atoms with Gasteiger partial charge in [-0.2, -0.15) is 0 Å². The summed E-state index contributed by atoms with van der Waals surface area (Å²) < 4.78 is 27.1. The van der Waals surface area contributed by atoms with E-state index in [1.165, 1.54) is 12.1 Å². The Morgan fingerprint density at radius 3 is 2.71 bits per heavy atom. The Labute approximate surface area is 171 Å². The summed E-state index contributed by atoms with van der Waals surface area (Å²) in [6.45, 7) is 4.51. The number of aryl methyl sites for hydroxylation is 1. The maximum absolute atomic E-state index is 13.3. The van der Waals surface area contributed by atoms with Crippen molar-refractivity contribution < 1.29 is 13.2 Å². The van der Waals surface area contributed by atoms with Crippen LogP contribution in [-0.4, -0.2) is 38.4 Å². The zero-order valence-electron chi connectivity index (χ0n) is 16.1. The second-order valence-electron chi connectivity index (χ2n) is 7.07. The monoisotopic (exact) mass is 420 g/mol. The van der Waals surface area contributed by atoms with Crippen LogP contribution in [0.3, 0.4) is 0 Å². The number of halogens is 1. The van der Waals surface area contributed by atoms with Crippen molar-refractivity contribution in [2.24, 2.45) is 0 Å². The lowest BCUT2D eigenvalue weighted by molar-refractivity contribution is 0.0735. The number of nitrogens with zero attached hydrogens (tertiary/aromatic N) is 1. The van der Waals surface area contributed by atoms with Crippen LogP contribution >= 0.6 is 11.6 Å². The van der Waals surface area contributed by atoms with Gasteiger partial charge in [-0.15, -0.1) is 0 Å². The molecule has 1 atom stereocenters. The molecule has 28 heavy (non-hydrogen) atoms. The molecule has 0 bridgehead atoms. The van der Waals surface area contributed by atoms with Crippen LogP contribution in [0.1, 0.15) is 41.3 Å². The van der Waals surface area contributed by atoms with Crippen LogP contribution in [0, 0.1) is 6.92 Å². The van der Waals surface area contributed by atoms with E-state index in [-0.39, 0.29) is 16.8 Å². The second kappa shape index (κ2) is 8.64. The van der Waals surface area contributed by atoms with E-state index in [9.17, 15) is 13.2 Å². The predicted molar refractivity (Wildman–Crippen MR) is 111 cm³/mol. The third kappa shape index (κ3) is 4.40. The molecular formula is C21H25ClN2O3S. The minimum atomic E-state index is -3.61. The SMILES string of the molecule is CCNS(=O)(=O)c1ccc(C)c(C(=O)N2CCCC2Cc2ccccc2Cl)c1. The molecule has 3 rings (SSSR count). The number of nitrogens with one attached hydrogen (secondary N) is 1. The van der Waals surface area contributed by atoms with E-state index >= 15 is 0 Å². The number of carbonyl (C=O) groups is 1. The molecule has 0 radical (unpaired) electrons. The fourth-order valence-corrected chi connectivity index (χ4v) is 4.94. The molecule has 150 valence electrons. The first-order chi connectivity index (χ1) is 13.3. The van der Waals surface area contributed by atoms with Crippen molar-refractivity contribution in [3.05, 3.63) is 64.2 Å². The quantitative estimate of drug-likeness (QED) is 0.773. The van der Waals surface area contributed by atoms with E-state index < -0.39 is 10.0 Å². The van der Waals surface area contributed by atoms with E-state index in [1.54, 1.807) is 13.0 Å². The van der Waals surface area contributed by atoms with Crippen molar-refractivity contribution in [1.82, 2.24) is 9.62 Å². The molecule has 1 amide bonds. The van der Waals surface area contributed by atoms with Crippen molar-refractivity contribution in [3.8, 4) is 0 Å². The minimum absolute atomic E-state index is 0.0563. The fourth-order valence-electron chi connectivity index (χ4n) is 3.66. The number of amides is 1. The van der Waals surface area contributed by atoms with Crippen LogP contribution < -0.4 is 4.72 Å². The van der Waals surface area contributed by atoms with E-state index in [0.29, 0.717) is 30.1 Å². The highest BCUT2D eigenvalue weighted by Crippen LogP contribution is 2.27. The summed E-state index contributed by atoms with van der Waals surface area (Å²) in [4.78, 5) is 15.2. The van der Waals surface area contributed by atoms with Crippen molar-refractivity contribution in [3.63, 3.8) is 0 Å². The Balaban J connectivity index is 1.87. The number of hydrogen-bond donors (Lipinski definition) is 1. The van der Waals surface area contributed by atoms with Gasteiger partial charge in [-0.1, -0.05) is 42.8 Å². The Morgan fingerprint density at radius 2 is 2.00 bits per heavy atom. The van der Waals surface area contributed by atoms with Gasteiger partial charge in [0.2, 0.25) is 10.0 Å². The molecule has 0 aliphatic carbocycles. The Hall–Kier alpha value is -1.89. The van der Waals surface area contributed by atoms with Crippen LogP contribution in [0.2, 0.25) is 5.02 Å². The largest absolute Gasteiger partial charge is 0.335 e. The summed E-state index contributed by atoms with van der Waals surface area (Å²) in [6, 6.07) is 12.5. The van der Waals surface area contributed by atoms with Crippen molar-refractivity contribution in [1.29, 1.82) is 0 Å². The molecule has 1 fully saturated rings. The normalized spacial score (nSPS) is 17.1. The highest BCUT2D eigenvalue weighted by atomic mass is 35.5. The second-order valence-corrected chi connectivity index (χ2v) is 9.24. The number of carbonyl (C=O) groups excluding carboxylic acids is 1. The Bertz CT molecular complexity index is 975. The van der Waals surface area contributed by atoms with Crippen LogP contribution in [0.25, 0.3) is 0 Å². The molecule has 2 aromatic carbocycles. The summed E-state index contributed by atoms with van der Waals surface area (Å²) in [6.07, 6.45) is 2.53. The third-order valence-electron chi connectivity index (χ3n) is 5.14. The smallest absolute Gasteiger partial charge is 0.254 e. The fraction of sp³-hybridized carbons (Fsp3) is 0.381. The first kappa shape index (κ1) is 20.8. The summed E-state index contributed by atoms with van der Waals surface area (Å²) in [7, 11) is -3.61. The molecule has 1 aliphatic rings. The zero-order chi connectivity index (χ0) is 20.3. The third-order valence-corrected chi connectivity index (χ3v) is 7.05. The molecular weight excluding hydrogens is 396 g/mol. The average Bonchev–Trinajstić information content (AvgIpc) is 3.11. The van der Waals surface area contributed by atoms with Gasteiger partial charge in [0.1, 0.15) is 0 Å². The lowest BCUT2D eigenvalue weighted by Crippen LogP contribution is -2.37. The lowest BCUT2D eigenvalue weighted by atomic mass is 10.0. The number of rotatable bonds is 6. The highest BCUT2D eigenvalue weighted by molar-refractivity contribution is 7.89. The summed E-state index contributed by atoms with van der Waals surface area (Å²) >= 11 is 6.30. The topological polar surface area (TPSA) is 66.5 Å². The van der Waals surface area contributed by atoms with E-state index in [1.807, 2.05) is 36.1 Å². The Morgan fingerprint density at radius 1 is 1.25 bits per heavy atom. The Kier molecular flexibility index (Phi) is 6.43. The minimum Gasteiger partial charge on any atom is -0.335 e.